The summed E-state index contributed by atoms with van der Waals surface area (Å²) in [6.45, 7) is 0. The minimum atomic E-state index is 0.445. The number of aromatic nitrogens is 6. The Morgan fingerprint density at radius 2 is 1.92 bits per heavy atom. The molecule has 1 N–H and O–H groups in total. The van der Waals surface area contributed by atoms with Crippen LogP contribution in [0.3, 0.4) is 0 Å². The summed E-state index contributed by atoms with van der Waals surface area (Å²) in [5, 5.41) is 12.6. The lowest BCUT2D eigenvalue weighted by Gasteiger charge is -2.39. The lowest BCUT2D eigenvalue weighted by molar-refractivity contribution is 0.177. The third-order valence-corrected chi connectivity index (χ3v) is 5.12. The molecular weight excluding hydrogens is 328 g/mol. The van der Waals surface area contributed by atoms with Gasteiger partial charge in [0.1, 0.15) is 0 Å². The zero-order valence-electron chi connectivity index (χ0n) is 14.7. The molecule has 132 valence electrons. The van der Waals surface area contributed by atoms with Gasteiger partial charge >= 0.3 is 0 Å². The van der Waals surface area contributed by atoms with Crippen molar-refractivity contribution in [3.8, 4) is 11.3 Å². The predicted octanol–water partition coefficient (Wildman–Crippen LogP) is 1.94. The van der Waals surface area contributed by atoms with Crippen LogP contribution in [0.4, 0.5) is 5.95 Å². The molecule has 0 bridgehead atoms. The Morgan fingerprint density at radius 3 is 2.77 bits per heavy atom. The van der Waals surface area contributed by atoms with Crippen molar-refractivity contribution < 1.29 is 0 Å². The van der Waals surface area contributed by atoms with Gasteiger partial charge in [-0.1, -0.05) is 0 Å². The molecule has 4 aromatic rings. The second-order valence-corrected chi connectivity index (χ2v) is 7.02. The zero-order chi connectivity index (χ0) is 17.7. The standard InChI is InChI=1S/C18H20N8/c1-24(2)13-9-12(10-13)21-18-20-11-16-14(5-7-25(16)23-18)15-3-4-17-19-6-8-26(17)22-15/h3-8,11-13H,9-10H2,1-2H3,(H,21,23)/t12-,13-. The molecule has 0 unspecified atom stereocenters. The average Bonchev–Trinajstić information content (AvgIpc) is 3.22. The van der Waals surface area contributed by atoms with Crippen LogP contribution >= 0.6 is 0 Å². The molecule has 0 spiro atoms. The highest BCUT2D eigenvalue weighted by Gasteiger charge is 2.30. The average molecular weight is 348 g/mol. The number of fused-ring (bicyclic) bond motifs is 2. The van der Waals surface area contributed by atoms with Crippen molar-refractivity contribution in [2.75, 3.05) is 19.4 Å². The van der Waals surface area contributed by atoms with Crippen LogP contribution in [-0.2, 0) is 0 Å². The summed E-state index contributed by atoms with van der Waals surface area (Å²) in [5.41, 5.74) is 3.64. The molecule has 0 amide bonds. The first kappa shape index (κ1) is 15.3. The smallest absolute Gasteiger partial charge is 0.241 e. The fourth-order valence-electron chi connectivity index (χ4n) is 3.45. The van der Waals surface area contributed by atoms with Crippen LogP contribution in [-0.4, -0.2) is 60.3 Å². The van der Waals surface area contributed by atoms with E-state index in [1.54, 1.807) is 10.7 Å². The van der Waals surface area contributed by atoms with Crippen molar-refractivity contribution in [2.24, 2.45) is 0 Å². The number of imidazole rings is 1. The zero-order valence-corrected chi connectivity index (χ0v) is 14.7. The minimum absolute atomic E-state index is 0.445. The molecule has 4 aromatic heterocycles. The Bertz CT molecular complexity index is 1070. The van der Waals surface area contributed by atoms with Gasteiger partial charge in [0, 0.05) is 36.2 Å². The summed E-state index contributed by atoms with van der Waals surface area (Å²) in [6, 6.07) is 7.04. The first-order chi connectivity index (χ1) is 12.7. The molecular formula is C18H20N8. The molecule has 5 rings (SSSR count). The minimum Gasteiger partial charge on any atom is -0.350 e. The first-order valence-corrected chi connectivity index (χ1v) is 8.75. The maximum atomic E-state index is 4.61. The van der Waals surface area contributed by atoms with Crippen LogP contribution in [0, 0.1) is 0 Å². The highest BCUT2D eigenvalue weighted by Crippen LogP contribution is 2.27. The van der Waals surface area contributed by atoms with Gasteiger partial charge in [0.25, 0.3) is 0 Å². The molecule has 0 aromatic carbocycles. The predicted molar refractivity (Wildman–Crippen MR) is 99.1 cm³/mol. The number of hydrogen-bond acceptors (Lipinski definition) is 6. The molecule has 8 nitrogen and oxygen atoms in total. The van der Waals surface area contributed by atoms with Crippen LogP contribution in [0.15, 0.2) is 43.0 Å². The van der Waals surface area contributed by atoms with Gasteiger partial charge in [-0.3, -0.25) is 0 Å². The SMILES string of the molecule is CN(C)[C@H]1C[C@H](Nc2ncc3c(-c4ccc5nccn5n4)ccn3n2)C1. The number of hydrogen-bond donors (Lipinski definition) is 1. The van der Waals surface area contributed by atoms with Gasteiger partial charge in [0.2, 0.25) is 5.95 Å². The van der Waals surface area contributed by atoms with Crippen LogP contribution in [0.1, 0.15) is 12.8 Å². The second kappa shape index (κ2) is 5.77. The van der Waals surface area contributed by atoms with E-state index in [4.69, 9.17) is 0 Å². The molecule has 1 saturated carbocycles. The largest absolute Gasteiger partial charge is 0.350 e. The number of nitrogens with one attached hydrogen (secondary N) is 1. The van der Waals surface area contributed by atoms with Gasteiger partial charge in [-0.15, -0.1) is 5.10 Å². The summed E-state index contributed by atoms with van der Waals surface area (Å²) in [5.74, 6) is 0.667. The maximum absolute atomic E-state index is 4.61. The van der Waals surface area contributed by atoms with Crippen molar-refractivity contribution >= 4 is 17.1 Å². The van der Waals surface area contributed by atoms with E-state index >= 15 is 0 Å². The Labute approximate surface area is 150 Å². The Balaban J connectivity index is 1.41. The van der Waals surface area contributed by atoms with Crippen molar-refractivity contribution in [1.29, 1.82) is 0 Å². The van der Waals surface area contributed by atoms with E-state index in [1.165, 1.54) is 0 Å². The lowest BCUT2D eigenvalue weighted by Crippen LogP contribution is -2.47. The molecule has 1 fully saturated rings. The highest BCUT2D eigenvalue weighted by atomic mass is 15.3. The summed E-state index contributed by atoms with van der Waals surface area (Å²) >= 11 is 0. The van der Waals surface area contributed by atoms with E-state index in [1.807, 2.05) is 41.3 Å². The van der Waals surface area contributed by atoms with Crippen LogP contribution in [0.5, 0.6) is 0 Å². The summed E-state index contributed by atoms with van der Waals surface area (Å²) < 4.78 is 3.62. The van der Waals surface area contributed by atoms with Gasteiger partial charge < -0.3 is 10.2 Å². The van der Waals surface area contributed by atoms with E-state index < -0.39 is 0 Å². The molecule has 4 heterocycles. The van der Waals surface area contributed by atoms with Crippen molar-refractivity contribution in [3.05, 3.63) is 43.0 Å². The second-order valence-electron chi connectivity index (χ2n) is 7.02. The molecule has 0 aliphatic heterocycles. The first-order valence-electron chi connectivity index (χ1n) is 8.75. The van der Waals surface area contributed by atoms with Gasteiger partial charge in [0.05, 0.1) is 17.4 Å². The van der Waals surface area contributed by atoms with Gasteiger partial charge in [0.15, 0.2) is 5.65 Å². The van der Waals surface area contributed by atoms with Crippen LogP contribution in [0.2, 0.25) is 0 Å². The van der Waals surface area contributed by atoms with Crippen molar-refractivity contribution in [3.63, 3.8) is 0 Å². The molecule has 0 atom stereocenters. The molecule has 0 radical (unpaired) electrons. The van der Waals surface area contributed by atoms with E-state index in [0.717, 1.165) is 35.3 Å². The van der Waals surface area contributed by atoms with E-state index in [-0.39, 0.29) is 0 Å². The monoisotopic (exact) mass is 348 g/mol. The molecule has 8 heteroatoms. The maximum Gasteiger partial charge on any atom is 0.241 e. The van der Waals surface area contributed by atoms with Gasteiger partial charge in [-0.05, 0) is 45.1 Å². The van der Waals surface area contributed by atoms with Crippen LogP contribution < -0.4 is 5.32 Å². The lowest BCUT2D eigenvalue weighted by atomic mass is 9.86. The Hall–Kier alpha value is -3.00. The van der Waals surface area contributed by atoms with E-state index in [2.05, 4.69) is 44.5 Å². The molecule has 0 saturated heterocycles. The number of rotatable bonds is 4. The van der Waals surface area contributed by atoms with Crippen molar-refractivity contribution in [2.45, 2.75) is 24.9 Å². The molecule has 1 aliphatic rings. The van der Waals surface area contributed by atoms with E-state index in [9.17, 15) is 0 Å². The van der Waals surface area contributed by atoms with Gasteiger partial charge in [-0.25, -0.2) is 19.0 Å². The quantitative estimate of drug-likeness (QED) is 0.607. The fraction of sp³-hybridized carbons (Fsp3) is 0.333. The number of anilines is 1. The fourth-order valence-corrected chi connectivity index (χ4v) is 3.45. The Morgan fingerprint density at radius 1 is 1.04 bits per heavy atom. The molecule has 1 aliphatic carbocycles. The normalized spacial score (nSPS) is 20.0. The Kier molecular flexibility index (Phi) is 3.39. The third kappa shape index (κ3) is 2.50. The summed E-state index contributed by atoms with van der Waals surface area (Å²) in [7, 11) is 4.25. The summed E-state index contributed by atoms with van der Waals surface area (Å²) in [4.78, 5) is 11.0. The van der Waals surface area contributed by atoms with Crippen LogP contribution in [0.25, 0.3) is 22.4 Å². The number of nitrogens with zero attached hydrogens (tertiary/aromatic N) is 7. The topological polar surface area (TPSA) is 75.6 Å². The van der Waals surface area contributed by atoms with E-state index in [0.29, 0.717) is 18.0 Å². The van der Waals surface area contributed by atoms with Crippen molar-refractivity contribution in [1.82, 2.24) is 34.1 Å². The third-order valence-electron chi connectivity index (χ3n) is 5.12. The molecule has 26 heavy (non-hydrogen) atoms. The highest BCUT2D eigenvalue weighted by molar-refractivity contribution is 5.78. The van der Waals surface area contributed by atoms with Gasteiger partial charge in [-0.2, -0.15) is 5.10 Å². The summed E-state index contributed by atoms with van der Waals surface area (Å²) in [6.07, 6.45) is 9.63.